The summed E-state index contributed by atoms with van der Waals surface area (Å²) in [5, 5.41) is 3.31. The molecule has 2 saturated heterocycles. The molecule has 2 aliphatic rings. The molecule has 1 amide bonds. The fourth-order valence-electron chi connectivity index (χ4n) is 3.10. The summed E-state index contributed by atoms with van der Waals surface area (Å²) in [6, 6.07) is 2.01. The van der Waals surface area contributed by atoms with E-state index in [1.807, 2.05) is 0 Å². The predicted molar refractivity (Wildman–Crippen MR) is 75.1 cm³/mol. The van der Waals surface area contributed by atoms with Gasteiger partial charge in [0.2, 0.25) is 0 Å². The second-order valence-electron chi connectivity index (χ2n) is 5.73. The first-order valence-electron chi connectivity index (χ1n) is 7.45. The van der Waals surface area contributed by atoms with Crippen LogP contribution in [0.4, 0.5) is 13.2 Å². The number of halogens is 3. The zero-order valence-electron chi connectivity index (χ0n) is 12.1. The summed E-state index contributed by atoms with van der Waals surface area (Å²) >= 11 is 0. The van der Waals surface area contributed by atoms with Gasteiger partial charge in [-0.3, -0.25) is 9.69 Å². The lowest BCUT2D eigenvalue weighted by atomic mass is 10.1. The van der Waals surface area contributed by atoms with Crippen LogP contribution in [0.2, 0.25) is 0 Å². The number of carbonyl (C=O) groups is 1. The maximum Gasteiger partial charge on any atom is 0.254 e. The van der Waals surface area contributed by atoms with Crippen LogP contribution in [0.1, 0.15) is 16.8 Å². The highest BCUT2D eigenvalue weighted by Gasteiger charge is 2.28. The molecule has 0 saturated carbocycles. The molecule has 120 valence electrons. The van der Waals surface area contributed by atoms with Gasteiger partial charge < -0.3 is 10.2 Å². The molecular weight excluding hydrogens is 295 g/mol. The van der Waals surface area contributed by atoms with Gasteiger partial charge in [0.25, 0.3) is 5.91 Å². The molecule has 1 N–H and O–H groups in total. The lowest BCUT2D eigenvalue weighted by Gasteiger charge is -2.37. The number of carbonyl (C=O) groups excluding carboxylic acids is 1. The normalized spacial score (nSPS) is 23.0. The molecular formula is C15H18F3N3O. The van der Waals surface area contributed by atoms with E-state index in [-0.39, 0.29) is 5.56 Å². The molecule has 1 aromatic rings. The molecule has 0 spiro atoms. The third-order valence-corrected chi connectivity index (χ3v) is 4.38. The van der Waals surface area contributed by atoms with E-state index in [0.29, 0.717) is 19.1 Å². The van der Waals surface area contributed by atoms with E-state index in [0.717, 1.165) is 44.7 Å². The molecule has 0 aromatic heterocycles. The van der Waals surface area contributed by atoms with Gasteiger partial charge in [0, 0.05) is 44.3 Å². The summed E-state index contributed by atoms with van der Waals surface area (Å²) < 4.78 is 39.4. The molecule has 3 rings (SSSR count). The fourth-order valence-corrected chi connectivity index (χ4v) is 3.10. The van der Waals surface area contributed by atoms with E-state index in [9.17, 15) is 18.0 Å². The molecule has 2 heterocycles. The number of benzene rings is 1. The number of amides is 1. The van der Waals surface area contributed by atoms with E-state index in [1.165, 1.54) is 0 Å². The first kappa shape index (κ1) is 15.3. The molecule has 22 heavy (non-hydrogen) atoms. The highest BCUT2D eigenvalue weighted by Crippen LogP contribution is 2.17. The SMILES string of the molecule is O=C(c1cc(F)c(F)c(F)c1)N1CCN(C2CCNC2)CC1. The van der Waals surface area contributed by atoms with Gasteiger partial charge in [0.1, 0.15) is 0 Å². The van der Waals surface area contributed by atoms with Crippen molar-refractivity contribution in [1.29, 1.82) is 0 Å². The summed E-state index contributed by atoms with van der Waals surface area (Å²) in [7, 11) is 0. The Bertz CT molecular complexity index is 544. The number of rotatable bonds is 2. The van der Waals surface area contributed by atoms with Crippen molar-refractivity contribution < 1.29 is 18.0 Å². The largest absolute Gasteiger partial charge is 0.336 e. The van der Waals surface area contributed by atoms with Crippen LogP contribution in [0, 0.1) is 17.5 Å². The Hall–Kier alpha value is -1.60. The van der Waals surface area contributed by atoms with Crippen molar-refractivity contribution in [2.24, 2.45) is 0 Å². The summed E-state index contributed by atoms with van der Waals surface area (Å²) in [6.07, 6.45) is 1.10. The molecule has 2 fully saturated rings. The zero-order chi connectivity index (χ0) is 15.7. The van der Waals surface area contributed by atoms with Crippen molar-refractivity contribution in [2.75, 3.05) is 39.3 Å². The second-order valence-corrected chi connectivity index (χ2v) is 5.73. The molecule has 0 radical (unpaired) electrons. The standard InChI is InChI=1S/C15H18F3N3O/c16-12-7-10(8-13(17)14(12)18)15(22)21-5-3-20(4-6-21)11-1-2-19-9-11/h7-8,11,19H,1-6,9H2. The smallest absolute Gasteiger partial charge is 0.254 e. The Morgan fingerprint density at radius 1 is 1.09 bits per heavy atom. The van der Waals surface area contributed by atoms with Gasteiger partial charge in [-0.15, -0.1) is 0 Å². The number of hydrogen-bond donors (Lipinski definition) is 1. The Morgan fingerprint density at radius 3 is 2.27 bits per heavy atom. The molecule has 2 aliphatic heterocycles. The summed E-state index contributed by atoms with van der Waals surface area (Å²) in [4.78, 5) is 16.2. The molecule has 0 aliphatic carbocycles. The molecule has 1 atom stereocenters. The third kappa shape index (κ3) is 2.96. The van der Waals surface area contributed by atoms with Crippen LogP contribution in [0.15, 0.2) is 12.1 Å². The van der Waals surface area contributed by atoms with Crippen LogP contribution < -0.4 is 5.32 Å². The monoisotopic (exact) mass is 313 g/mol. The van der Waals surface area contributed by atoms with Gasteiger partial charge in [-0.1, -0.05) is 0 Å². The highest BCUT2D eigenvalue weighted by atomic mass is 19.2. The number of piperazine rings is 1. The van der Waals surface area contributed by atoms with Crippen LogP contribution in [0.25, 0.3) is 0 Å². The Labute approximate surface area is 126 Å². The Kier molecular flexibility index (Phi) is 4.35. The minimum atomic E-state index is -1.55. The molecule has 0 bridgehead atoms. The van der Waals surface area contributed by atoms with Crippen LogP contribution in [-0.4, -0.2) is 61.0 Å². The number of nitrogens with zero attached hydrogens (tertiary/aromatic N) is 2. The van der Waals surface area contributed by atoms with E-state index >= 15 is 0 Å². The quantitative estimate of drug-likeness (QED) is 0.834. The van der Waals surface area contributed by atoms with Crippen LogP contribution in [-0.2, 0) is 0 Å². The van der Waals surface area contributed by atoms with Crippen molar-refractivity contribution in [3.8, 4) is 0 Å². The molecule has 7 heteroatoms. The van der Waals surface area contributed by atoms with Crippen LogP contribution in [0.3, 0.4) is 0 Å². The first-order valence-corrected chi connectivity index (χ1v) is 7.45. The van der Waals surface area contributed by atoms with Crippen LogP contribution >= 0.6 is 0 Å². The van der Waals surface area contributed by atoms with Gasteiger partial charge in [-0.2, -0.15) is 0 Å². The minimum Gasteiger partial charge on any atom is -0.336 e. The van der Waals surface area contributed by atoms with Crippen molar-refractivity contribution >= 4 is 5.91 Å². The zero-order valence-corrected chi connectivity index (χ0v) is 12.1. The summed E-state index contributed by atoms with van der Waals surface area (Å²) in [6.45, 7) is 4.47. The third-order valence-electron chi connectivity index (χ3n) is 4.38. The summed E-state index contributed by atoms with van der Waals surface area (Å²) in [5.74, 6) is -4.67. The van der Waals surface area contributed by atoms with E-state index < -0.39 is 23.4 Å². The van der Waals surface area contributed by atoms with E-state index in [1.54, 1.807) is 4.90 Å². The molecule has 1 aromatic carbocycles. The minimum absolute atomic E-state index is 0.146. The molecule has 1 unspecified atom stereocenters. The van der Waals surface area contributed by atoms with Gasteiger partial charge in [0.15, 0.2) is 17.5 Å². The van der Waals surface area contributed by atoms with Gasteiger partial charge in [0.05, 0.1) is 0 Å². The number of hydrogen-bond acceptors (Lipinski definition) is 3. The Morgan fingerprint density at radius 2 is 1.73 bits per heavy atom. The van der Waals surface area contributed by atoms with Gasteiger partial charge in [-0.05, 0) is 25.1 Å². The van der Waals surface area contributed by atoms with Crippen LogP contribution in [0.5, 0.6) is 0 Å². The maximum atomic E-state index is 13.2. The first-order chi connectivity index (χ1) is 10.6. The summed E-state index contributed by atoms with van der Waals surface area (Å²) in [5.41, 5.74) is -0.146. The number of nitrogens with one attached hydrogen (secondary N) is 1. The van der Waals surface area contributed by atoms with Crippen molar-refractivity contribution in [2.45, 2.75) is 12.5 Å². The lowest BCUT2D eigenvalue weighted by Crippen LogP contribution is -2.52. The van der Waals surface area contributed by atoms with E-state index in [2.05, 4.69) is 10.2 Å². The van der Waals surface area contributed by atoms with Crippen molar-refractivity contribution in [1.82, 2.24) is 15.1 Å². The fraction of sp³-hybridized carbons (Fsp3) is 0.533. The maximum absolute atomic E-state index is 13.2. The van der Waals surface area contributed by atoms with Crippen molar-refractivity contribution in [3.05, 3.63) is 35.1 Å². The molecule has 4 nitrogen and oxygen atoms in total. The second kappa shape index (κ2) is 6.26. The van der Waals surface area contributed by atoms with Crippen molar-refractivity contribution in [3.63, 3.8) is 0 Å². The van der Waals surface area contributed by atoms with Gasteiger partial charge >= 0.3 is 0 Å². The van der Waals surface area contributed by atoms with E-state index in [4.69, 9.17) is 0 Å². The predicted octanol–water partition coefficient (Wildman–Crippen LogP) is 1.22. The average molecular weight is 313 g/mol. The lowest BCUT2D eigenvalue weighted by molar-refractivity contribution is 0.0582. The topological polar surface area (TPSA) is 35.6 Å². The average Bonchev–Trinajstić information content (AvgIpc) is 3.06. The highest BCUT2D eigenvalue weighted by molar-refractivity contribution is 5.94. The Balaban J connectivity index is 1.64. The van der Waals surface area contributed by atoms with Gasteiger partial charge in [-0.25, -0.2) is 13.2 Å².